The molecule has 1 aromatic heterocycles. The van der Waals surface area contributed by atoms with Crippen molar-refractivity contribution in [1.29, 1.82) is 0 Å². The molecule has 2 aromatic carbocycles. The number of hydrogen-bond donors (Lipinski definition) is 1. The number of likely N-dealkylation sites (tertiary alicyclic amines) is 1. The molecule has 5 heterocycles. The van der Waals surface area contributed by atoms with Gasteiger partial charge in [-0.3, -0.25) is 24.6 Å². The first-order chi connectivity index (χ1) is 20.0. The maximum atomic E-state index is 13.0. The second-order valence-corrected chi connectivity index (χ2v) is 11.4. The zero-order chi connectivity index (χ0) is 27.9. The van der Waals surface area contributed by atoms with Gasteiger partial charge in [-0.05, 0) is 60.7 Å². The fourth-order valence-electron chi connectivity index (χ4n) is 6.39. The molecule has 1 unspecified atom stereocenters. The number of amides is 3. The predicted octanol–water partition coefficient (Wildman–Crippen LogP) is 2.79. The molecule has 0 radical (unpaired) electrons. The third-order valence-corrected chi connectivity index (χ3v) is 8.63. The summed E-state index contributed by atoms with van der Waals surface area (Å²) in [6.07, 6.45) is 6.67. The minimum atomic E-state index is -0.615. The zero-order valence-electron chi connectivity index (χ0n) is 22.8. The van der Waals surface area contributed by atoms with Crippen LogP contribution in [0.4, 0.5) is 0 Å². The largest absolute Gasteiger partial charge is 0.489 e. The molecule has 4 aliphatic heterocycles. The Hall–Kier alpha value is -4.02. The first kappa shape index (κ1) is 25.9. The second-order valence-electron chi connectivity index (χ2n) is 11.4. The Kier molecular flexibility index (Phi) is 6.80. The summed E-state index contributed by atoms with van der Waals surface area (Å²) in [7, 11) is 0. The number of nitrogens with one attached hydrogen (secondary N) is 1. The lowest BCUT2D eigenvalue weighted by Gasteiger charge is -2.29. The fourth-order valence-corrected chi connectivity index (χ4v) is 6.39. The molecule has 10 heteroatoms. The summed E-state index contributed by atoms with van der Waals surface area (Å²) in [6, 6.07) is 13.5. The van der Waals surface area contributed by atoms with Crippen LogP contribution in [0.5, 0.6) is 5.75 Å². The Labute approximate surface area is 238 Å². The molecule has 0 spiro atoms. The minimum absolute atomic E-state index is 0.0542. The Bertz CT molecular complexity index is 1480. The summed E-state index contributed by atoms with van der Waals surface area (Å²) in [5, 5.41) is 6.94. The third kappa shape index (κ3) is 5.25. The van der Waals surface area contributed by atoms with E-state index in [4.69, 9.17) is 9.47 Å². The Balaban J connectivity index is 0.936. The number of piperidine rings is 1. The van der Waals surface area contributed by atoms with Crippen LogP contribution in [0.15, 0.2) is 54.9 Å². The maximum absolute atomic E-state index is 13.0. The molecule has 4 aliphatic rings. The SMILES string of the molecule is O=C1CCC(N2Cc3cc(O[C@H]4CCN(Cc5cnn(-c6ccc([C@H]7CCOC7)cc6)c5)C4)ccc3C2=O)C(=O)N1. The average Bonchev–Trinajstić information content (AvgIpc) is 3.78. The fraction of sp³-hybridized carbons (Fsp3) is 0.419. The van der Waals surface area contributed by atoms with E-state index in [0.29, 0.717) is 24.4 Å². The van der Waals surface area contributed by atoms with Gasteiger partial charge in [-0.2, -0.15) is 5.10 Å². The highest BCUT2D eigenvalue weighted by Crippen LogP contribution is 2.31. The normalized spacial score (nSPS) is 24.6. The average molecular weight is 556 g/mol. The summed E-state index contributed by atoms with van der Waals surface area (Å²) in [5.41, 5.74) is 4.97. The summed E-state index contributed by atoms with van der Waals surface area (Å²) >= 11 is 0. The lowest BCUT2D eigenvalue weighted by atomic mass is 9.98. The van der Waals surface area contributed by atoms with Crippen LogP contribution in [-0.4, -0.2) is 75.8 Å². The van der Waals surface area contributed by atoms with Gasteiger partial charge in [0.15, 0.2) is 0 Å². The predicted molar refractivity (Wildman–Crippen MR) is 149 cm³/mol. The highest BCUT2D eigenvalue weighted by molar-refractivity contribution is 6.05. The molecule has 0 bridgehead atoms. The molecule has 3 fully saturated rings. The number of carbonyl (C=O) groups excluding carboxylic acids is 3. The number of nitrogens with zero attached hydrogens (tertiary/aromatic N) is 4. The molecule has 3 amide bonds. The summed E-state index contributed by atoms with van der Waals surface area (Å²) in [5.74, 6) is 0.366. The van der Waals surface area contributed by atoms with E-state index in [1.807, 2.05) is 23.0 Å². The number of imide groups is 1. The lowest BCUT2D eigenvalue weighted by Crippen LogP contribution is -2.52. The van der Waals surface area contributed by atoms with Crippen molar-refractivity contribution in [2.75, 3.05) is 26.3 Å². The highest BCUT2D eigenvalue weighted by atomic mass is 16.5. The van der Waals surface area contributed by atoms with Gasteiger partial charge in [0.05, 0.1) is 18.5 Å². The smallest absolute Gasteiger partial charge is 0.255 e. The van der Waals surface area contributed by atoms with Crippen LogP contribution in [-0.2, 0) is 27.4 Å². The quantitative estimate of drug-likeness (QED) is 0.447. The molecule has 3 aromatic rings. The Morgan fingerprint density at radius 3 is 2.73 bits per heavy atom. The van der Waals surface area contributed by atoms with Crippen LogP contribution in [0.3, 0.4) is 0 Å². The Morgan fingerprint density at radius 1 is 1.05 bits per heavy atom. The molecule has 7 rings (SSSR count). The van der Waals surface area contributed by atoms with Crippen LogP contribution in [0.2, 0.25) is 0 Å². The summed E-state index contributed by atoms with van der Waals surface area (Å²) in [6.45, 7) is 4.54. The van der Waals surface area contributed by atoms with Gasteiger partial charge in [0, 0.05) is 62.4 Å². The van der Waals surface area contributed by atoms with Crippen molar-refractivity contribution in [3.63, 3.8) is 0 Å². The van der Waals surface area contributed by atoms with E-state index in [-0.39, 0.29) is 24.3 Å². The van der Waals surface area contributed by atoms with Gasteiger partial charge >= 0.3 is 0 Å². The standard InChI is InChI=1S/C31H33N5O5/c37-29-8-7-28(30(38)33-29)35-17-23-13-25(5-6-27(23)31(35)39)41-26-9-11-34(18-26)15-20-14-32-36(16-20)24-3-1-21(2-4-24)22-10-12-40-19-22/h1-6,13-14,16,22,26,28H,7-12,15,17-19H2,(H,33,37,38)/t22-,26-,28?/m0/s1. The van der Waals surface area contributed by atoms with Crippen LogP contribution in [0.1, 0.15) is 58.6 Å². The number of fused-ring (bicyclic) bond motifs is 1. The van der Waals surface area contributed by atoms with Gasteiger partial charge in [0.1, 0.15) is 17.9 Å². The first-order valence-electron chi connectivity index (χ1n) is 14.4. The highest BCUT2D eigenvalue weighted by Gasteiger charge is 2.39. The number of rotatable bonds is 7. The van der Waals surface area contributed by atoms with E-state index in [0.717, 1.165) is 68.3 Å². The first-order valence-corrected chi connectivity index (χ1v) is 14.4. The molecule has 10 nitrogen and oxygen atoms in total. The van der Waals surface area contributed by atoms with E-state index >= 15 is 0 Å². The monoisotopic (exact) mass is 555 g/mol. The van der Waals surface area contributed by atoms with Crippen molar-refractivity contribution >= 4 is 17.7 Å². The molecular weight excluding hydrogens is 522 g/mol. The van der Waals surface area contributed by atoms with E-state index in [9.17, 15) is 14.4 Å². The molecule has 212 valence electrons. The third-order valence-electron chi connectivity index (χ3n) is 8.63. The van der Waals surface area contributed by atoms with E-state index in [1.54, 1.807) is 11.0 Å². The summed E-state index contributed by atoms with van der Waals surface area (Å²) < 4.78 is 13.8. The Morgan fingerprint density at radius 2 is 1.93 bits per heavy atom. The summed E-state index contributed by atoms with van der Waals surface area (Å²) in [4.78, 5) is 40.7. The molecule has 0 aliphatic carbocycles. The van der Waals surface area contributed by atoms with E-state index in [1.165, 1.54) is 5.56 Å². The number of benzene rings is 2. The maximum Gasteiger partial charge on any atom is 0.255 e. The molecule has 41 heavy (non-hydrogen) atoms. The number of aromatic nitrogens is 2. The van der Waals surface area contributed by atoms with Gasteiger partial charge in [-0.1, -0.05) is 12.1 Å². The van der Waals surface area contributed by atoms with Crippen molar-refractivity contribution in [2.24, 2.45) is 0 Å². The van der Waals surface area contributed by atoms with Gasteiger partial charge < -0.3 is 14.4 Å². The topological polar surface area (TPSA) is 106 Å². The molecular formula is C31H33N5O5. The van der Waals surface area contributed by atoms with Crippen molar-refractivity contribution in [3.8, 4) is 11.4 Å². The molecule has 0 saturated carbocycles. The van der Waals surface area contributed by atoms with E-state index < -0.39 is 11.9 Å². The number of carbonyl (C=O) groups is 3. The van der Waals surface area contributed by atoms with Gasteiger partial charge in [0.2, 0.25) is 11.8 Å². The molecule has 1 N–H and O–H groups in total. The van der Waals surface area contributed by atoms with Gasteiger partial charge in [-0.15, -0.1) is 0 Å². The lowest BCUT2D eigenvalue weighted by molar-refractivity contribution is -0.136. The van der Waals surface area contributed by atoms with Gasteiger partial charge in [0.25, 0.3) is 5.91 Å². The van der Waals surface area contributed by atoms with Crippen LogP contribution in [0.25, 0.3) is 5.69 Å². The molecule has 3 saturated heterocycles. The zero-order valence-corrected chi connectivity index (χ0v) is 22.8. The number of hydrogen-bond acceptors (Lipinski definition) is 7. The van der Waals surface area contributed by atoms with E-state index in [2.05, 4.69) is 45.8 Å². The molecule has 3 atom stereocenters. The van der Waals surface area contributed by atoms with Crippen molar-refractivity contribution in [2.45, 2.75) is 56.8 Å². The van der Waals surface area contributed by atoms with Crippen LogP contribution >= 0.6 is 0 Å². The second kappa shape index (κ2) is 10.8. The van der Waals surface area contributed by atoms with Crippen LogP contribution < -0.4 is 10.1 Å². The van der Waals surface area contributed by atoms with Gasteiger partial charge in [-0.25, -0.2) is 4.68 Å². The van der Waals surface area contributed by atoms with Crippen molar-refractivity contribution in [3.05, 3.63) is 77.1 Å². The van der Waals surface area contributed by atoms with Crippen LogP contribution in [0, 0.1) is 0 Å². The minimum Gasteiger partial charge on any atom is -0.489 e. The number of ether oxygens (including phenoxy) is 2. The van der Waals surface area contributed by atoms with Crippen molar-refractivity contribution in [1.82, 2.24) is 24.9 Å². The van der Waals surface area contributed by atoms with Crippen molar-refractivity contribution < 1.29 is 23.9 Å².